The monoisotopic (exact) mass is 421 g/mol. The van der Waals surface area contributed by atoms with E-state index in [1.165, 1.54) is 37.9 Å². The van der Waals surface area contributed by atoms with Crippen LogP contribution in [-0.2, 0) is 23.0 Å². The maximum absolute atomic E-state index is 12.7. The van der Waals surface area contributed by atoms with Crippen molar-refractivity contribution in [3.8, 4) is 5.75 Å². The first-order valence-corrected chi connectivity index (χ1v) is 11.9. The predicted molar refractivity (Wildman–Crippen MR) is 118 cm³/mol. The molecule has 0 spiro atoms. The molecule has 0 bridgehead atoms. The molecular weight excluding hydrogens is 394 g/mol. The molecule has 4 nitrogen and oxygen atoms in total. The molecule has 1 fully saturated rings. The summed E-state index contributed by atoms with van der Waals surface area (Å²) in [5.74, 6) is 0.652. The maximum Gasteiger partial charge on any atom is 0.206 e. The second-order valence-electron chi connectivity index (χ2n) is 7.73. The van der Waals surface area contributed by atoms with Gasteiger partial charge in [0.05, 0.1) is 9.79 Å². The van der Waals surface area contributed by atoms with Gasteiger partial charge in [0.15, 0.2) is 0 Å². The van der Waals surface area contributed by atoms with Crippen LogP contribution in [0.15, 0.2) is 88.7 Å². The van der Waals surface area contributed by atoms with E-state index in [4.69, 9.17) is 4.74 Å². The third-order valence-electron chi connectivity index (χ3n) is 5.47. The van der Waals surface area contributed by atoms with E-state index in [0.717, 1.165) is 12.1 Å². The first-order valence-electron chi connectivity index (χ1n) is 10.4. The second-order valence-corrected chi connectivity index (χ2v) is 9.68. The molecule has 0 aliphatic carbocycles. The third-order valence-corrected chi connectivity index (χ3v) is 7.26. The molecule has 0 aromatic heterocycles. The molecule has 0 N–H and O–H groups in total. The number of piperidine rings is 1. The lowest BCUT2D eigenvalue weighted by Crippen LogP contribution is -2.29. The van der Waals surface area contributed by atoms with E-state index in [0.29, 0.717) is 17.3 Å². The highest BCUT2D eigenvalue weighted by Gasteiger charge is 2.17. The summed E-state index contributed by atoms with van der Waals surface area (Å²) >= 11 is 0. The molecule has 156 valence electrons. The molecule has 1 heterocycles. The van der Waals surface area contributed by atoms with Gasteiger partial charge in [-0.3, -0.25) is 4.90 Å². The van der Waals surface area contributed by atoms with Gasteiger partial charge in [0.25, 0.3) is 0 Å². The van der Waals surface area contributed by atoms with Crippen LogP contribution in [0.1, 0.15) is 30.4 Å². The second kappa shape index (κ2) is 9.45. The summed E-state index contributed by atoms with van der Waals surface area (Å²) in [4.78, 5) is 3.08. The molecule has 1 aliphatic rings. The van der Waals surface area contributed by atoms with E-state index >= 15 is 0 Å². The Balaban J connectivity index is 1.34. The Morgan fingerprint density at radius 3 is 1.97 bits per heavy atom. The molecule has 4 rings (SSSR count). The average molecular weight is 422 g/mol. The van der Waals surface area contributed by atoms with Gasteiger partial charge in [0.2, 0.25) is 9.84 Å². The Morgan fingerprint density at radius 2 is 1.30 bits per heavy atom. The van der Waals surface area contributed by atoms with Gasteiger partial charge in [-0.25, -0.2) is 8.42 Å². The van der Waals surface area contributed by atoms with Crippen molar-refractivity contribution in [3.05, 3.63) is 90.0 Å². The fourth-order valence-electron chi connectivity index (χ4n) is 3.73. The summed E-state index contributed by atoms with van der Waals surface area (Å²) in [6.45, 7) is 3.86. The van der Waals surface area contributed by atoms with Gasteiger partial charge in [-0.05, 0) is 73.5 Å². The Hall–Kier alpha value is -2.63. The van der Waals surface area contributed by atoms with Crippen LogP contribution in [0.2, 0.25) is 0 Å². The summed E-state index contributed by atoms with van der Waals surface area (Å²) in [7, 11) is -3.50. The summed E-state index contributed by atoms with van der Waals surface area (Å²) in [6, 6.07) is 23.6. The van der Waals surface area contributed by atoms with Gasteiger partial charge in [-0.1, -0.05) is 48.9 Å². The van der Waals surface area contributed by atoms with Gasteiger partial charge in [0.1, 0.15) is 12.4 Å². The number of benzene rings is 3. The molecule has 5 heteroatoms. The van der Waals surface area contributed by atoms with Gasteiger partial charge in [0, 0.05) is 6.54 Å². The quantitative estimate of drug-likeness (QED) is 0.533. The fourth-order valence-corrected chi connectivity index (χ4v) is 5.02. The molecule has 0 unspecified atom stereocenters. The van der Waals surface area contributed by atoms with Crippen LogP contribution < -0.4 is 4.74 Å². The van der Waals surface area contributed by atoms with E-state index in [2.05, 4.69) is 29.2 Å². The molecule has 1 saturated heterocycles. The topological polar surface area (TPSA) is 46.6 Å². The van der Waals surface area contributed by atoms with Gasteiger partial charge >= 0.3 is 0 Å². The normalized spacial score (nSPS) is 15.1. The first-order chi connectivity index (χ1) is 14.6. The van der Waals surface area contributed by atoms with E-state index < -0.39 is 9.84 Å². The zero-order valence-corrected chi connectivity index (χ0v) is 17.9. The number of rotatable bonds is 7. The lowest BCUT2D eigenvalue weighted by atomic mass is 10.1. The van der Waals surface area contributed by atoms with Crippen molar-refractivity contribution < 1.29 is 13.2 Å². The first kappa shape index (κ1) is 20.6. The van der Waals surface area contributed by atoms with Crippen molar-refractivity contribution >= 4 is 9.84 Å². The minimum Gasteiger partial charge on any atom is -0.489 e. The molecule has 0 radical (unpaired) electrons. The highest BCUT2D eigenvalue weighted by Crippen LogP contribution is 2.23. The maximum atomic E-state index is 12.7. The van der Waals surface area contributed by atoms with E-state index in [1.54, 1.807) is 54.6 Å². The van der Waals surface area contributed by atoms with Crippen LogP contribution in [-0.4, -0.2) is 26.4 Å². The number of sulfone groups is 1. The summed E-state index contributed by atoms with van der Waals surface area (Å²) < 4.78 is 31.2. The summed E-state index contributed by atoms with van der Waals surface area (Å²) in [5, 5.41) is 0. The van der Waals surface area contributed by atoms with Gasteiger partial charge in [-0.15, -0.1) is 0 Å². The number of hydrogen-bond acceptors (Lipinski definition) is 4. The Labute approximate surface area is 179 Å². The number of ether oxygens (including phenoxy) is 1. The van der Waals surface area contributed by atoms with Crippen LogP contribution >= 0.6 is 0 Å². The summed E-state index contributed by atoms with van der Waals surface area (Å²) in [5.41, 5.74) is 2.43. The third kappa shape index (κ3) is 5.10. The Morgan fingerprint density at radius 1 is 0.700 bits per heavy atom. The molecular formula is C25H27NO3S. The lowest BCUT2D eigenvalue weighted by Gasteiger charge is -2.26. The molecule has 3 aromatic rings. The van der Waals surface area contributed by atoms with E-state index in [-0.39, 0.29) is 4.90 Å². The predicted octanol–water partition coefficient (Wildman–Crippen LogP) is 5.08. The minimum atomic E-state index is -3.50. The average Bonchev–Trinajstić information content (AvgIpc) is 2.80. The zero-order valence-electron chi connectivity index (χ0n) is 17.0. The number of hydrogen-bond donors (Lipinski definition) is 0. The fraction of sp³-hybridized carbons (Fsp3) is 0.280. The van der Waals surface area contributed by atoms with Crippen molar-refractivity contribution in [1.82, 2.24) is 4.90 Å². The van der Waals surface area contributed by atoms with Crippen LogP contribution in [0.3, 0.4) is 0 Å². The van der Waals surface area contributed by atoms with Crippen LogP contribution in [0.4, 0.5) is 0 Å². The van der Waals surface area contributed by atoms with Crippen LogP contribution in [0.25, 0.3) is 0 Å². The lowest BCUT2D eigenvalue weighted by molar-refractivity contribution is 0.221. The highest BCUT2D eigenvalue weighted by molar-refractivity contribution is 7.91. The minimum absolute atomic E-state index is 0.267. The van der Waals surface area contributed by atoms with Crippen molar-refractivity contribution in [2.24, 2.45) is 0 Å². The molecule has 30 heavy (non-hydrogen) atoms. The zero-order chi connectivity index (χ0) is 20.8. The number of likely N-dealkylation sites (tertiary alicyclic amines) is 1. The smallest absolute Gasteiger partial charge is 0.206 e. The van der Waals surface area contributed by atoms with Gasteiger partial charge in [-0.2, -0.15) is 0 Å². The van der Waals surface area contributed by atoms with Gasteiger partial charge < -0.3 is 4.74 Å². The van der Waals surface area contributed by atoms with Crippen LogP contribution in [0.5, 0.6) is 5.75 Å². The van der Waals surface area contributed by atoms with Crippen molar-refractivity contribution in [3.63, 3.8) is 0 Å². The molecule has 0 atom stereocenters. The Bertz CT molecular complexity index is 1040. The van der Waals surface area contributed by atoms with E-state index in [1.807, 2.05) is 0 Å². The largest absolute Gasteiger partial charge is 0.489 e. The van der Waals surface area contributed by atoms with Crippen molar-refractivity contribution in [2.45, 2.75) is 42.2 Å². The Kier molecular flexibility index (Phi) is 6.50. The van der Waals surface area contributed by atoms with E-state index in [9.17, 15) is 8.42 Å². The molecule has 0 amide bonds. The molecule has 0 saturated carbocycles. The summed E-state index contributed by atoms with van der Waals surface area (Å²) in [6.07, 6.45) is 3.96. The molecule has 3 aromatic carbocycles. The van der Waals surface area contributed by atoms with Crippen LogP contribution in [0, 0.1) is 0 Å². The SMILES string of the molecule is O=S(=O)(c1ccccc1)c1ccc(OCc2ccc(CN3CCCCC3)cc2)cc1. The number of nitrogens with zero attached hydrogens (tertiary/aromatic N) is 1. The van der Waals surface area contributed by atoms with Crippen molar-refractivity contribution in [2.75, 3.05) is 13.1 Å². The highest BCUT2D eigenvalue weighted by atomic mass is 32.2. The van der Waals surface area contributed by atoms with Crippen molar-refractivity contribution in [1.29, 1.82) is 0 Å². The standard InChI is InChI=1S/C25H27NO3S/c27-30(28,24-7-3-1-4-8-24)25-15-13-23(14-16-25)29-20-22-11-9-21(10-12-22)19-26-17-5-2-6-18-26/h1,3-4,7-16H,2,5-6,17-20H2. The molecule has 1 aliphatic heterocycles.